The third kappa shape index (κ3) is 9.73. The lowest BCUT2D eigenvalue weighted by atomic mass is 10.1. The molecule has 4 nitrogen and oxygen atoms in total. The number of hydrogen-bond acceptors (Lipinski definition) is 4. The van der Waals surface area contributed by atoms with Gasteiger partial charge in [0.1, 0.15) is 5.82 Å². The van der Waals surface area contributed by atoms with Crippen LogP contribution in [-0.2, 0) is 0 Å². The number of aromatic nitrogens is 1. The smallest absolute Gasteiger partial charge is 0.128 e. The number of piperidine rings is 1. The number of aryl methyl sites for hydroxylation is 2. The molecule has 0 amide bonds. The molecule has 2 saturated heterocycles. The Balaban J connectivity index is 0.000000268. The Hall–Kier alpha value is -2.07. The fraction of sp³-hybridized carbons (Fsp3) is 0.593. The predicted octanol–water partition coefficient (Wildman–Crippen LogP) is 6.18. The van der Waals surface area contributed by atoms with E-state index in [1.807, 2.05) is 33.9 Å². The summed E-state index contributed by atoms with van der Waals surface area (Å²) in [6, 6.07) is 13.1. The van der Waals surface area contributed by atoms with Gasteiger partial charge in [-0.05, 0) is 63.9 Å². The van der Waals surface area contributed by atoms with Gasteiger partial charge in [0, 0.05) is 51.2 Å². The second kappa shape index (κ2) is 15.7. The van der Waals surface area contributed by atoms with Crippen molar-refractivity contribution in [1.82, 2.24) is 9.88 Å². The van der Waals surface area contributed by atoms with Crippen LogP contribution in [0.4, 0.5) is 11.5 Å². The maximum Gasteiger partial charge on any atom is 0.128 e. The first kappa shape index (κ1) is 27.0. The first-order valence-corrected chi connectivity index (χ1v) is 12.3. The average molecular weight is 427 g/mol. The SMILES string of the molecule is CC.CC.Cc1ccc(N2CCCCC2)nc1.Cc1ccc(N2CCN(C)CC2)cc1. The Morgan fingerprint density at radius 2 is 1.16 bits per heavy atom. The topological polar surface area (TPSA) is 22.6 Å². The Kier molecular flexibility index (Phi) is 13.6. The molecule has 0 spiro atoms. The van der Waals surface area contributed by atoms with E-state index in [0.29, 0.717) is 0 Å². The highest BCUT2D eigenvalue weighted by atomic mass is 15.2. The van der Waals surface area contributed by atoms with E-state index in [1.165, 1.54) is 62.3 Å². The van der Waals surface area contributed by atoms with Crippen molar-refractivity contribution in [3.8, 4) is 0 Å². The molecule has 0 atom stereocenters. The molecule has 4 heteroatoms. The molecule has 31 heavy (non-hydrogen) atoms. The van der Waals surface area contributed by atoms with Gasteiger partial charge in [-0.15, -0.1) is 0 Å². The number of hydrogen-bond donors (Lipinski definition) is 0. The number of anilines is 2. The molecule has 4 rings (SSSR count). The van der Waals surface area contributed by atoms with Crippen molar-refractivity contribution in [1.29, 1.82) is 0 Å². The zero-order valence-electron chi connectivity index (χ0n) is 21.2. The number of likely N-dealkylation sites (N-methyl/N-ethyl adjacent to an activating group) is 1. The van der Waals surface area contributed by atoms with Gasteiger partial charge in [-0.3, -0.25) is 0 Å². The highest BCUT2D eigenvalue weighted by Gasteiger charge is 2.13. The summed E-state index contributed by atoms with van der Waals surface area (Å²) in [5, 5.41) is 0. The minimum absolute atomic E-state index is 1.14. The van der Waals surface area contributed by atoms with Gasteiger partial charge in [-0.25, -0.2) is 4.98 Å². The summed E-state index contributed by atoms with van der Waals surface area (Å²) in [7, 11) is 2.19. The summed E-state index contributed by atoms with van der Waals surface area (Å²) in [4.78, 5) is 11.6. The maximum atomic E-state index is 4.43. The molecule has 2 fully saturated rings. The minimum Gasteiger partial charge on any atom is -0.369 e. The van der Waals surface area contributed by atoms with Crippen LogP contribution in [0.15, 0.2) is 42.6 Å². The van der Waals surface area contributed by atoms with Crippen LogP contribution in [0.5, 0.6) is 0 Å². The Labute approximate surface area is 192 Å². The highest BCUT2D eigenvalue weighted by Crippen LogP contribution is 2.17. The van der Waals surface area contributed by atoms with Crippen LogP contribution in [0, 0.1) is 13.8 Å². The summed E-state index contributed by atoms with van der Waals surface area (Å²) in [5.74, 6) is 1.14. The second-order valence-corrected chi connectivity index (χ2v) is 7.87. The van der Waals surface area contributed by atoms with Crippen LogP contribution < -0.4 is 9.80 Å². The lowest BCUT2D eigenvalue weighted by molar-refractivity contribution is 0.313. The van der Waals surface area contributed by atoms with E-state index in [0.717, 1.165) is 18.9 Å². The first-order valence-electron chi connectivity index (χ1n) is 12.3. The molecule has 0 radical (unpaired) electrons. The Morgan fingerprint density at radius 3 is 1.68 bits per heavy atom. The molecule has 2 aliphatic rings. The molecule has 3 heterocycles. The Morgan fingerprint density at radius 1 is 0.613 bits per heavy atom. The fourth-order valence-electron chi connectivity index (χ4n) is 3.59. The zero-order valence-corrected chi connectivity index (χ0v) is 21.2. The summed E-state index contributed by atoms with van der Waals surface area (Å²) in [6.45, 7) is 19.2. The monoisotopic (exact) mass is 426 g/mol. The molecule has 0 N–H and O–H groups in total. The van der Waals surface area contributed by atoms with Gasteiger partial charge in [0.15, 0.2) is 0 Å². The molecular formula is C27H46N4. The van der Waals surface area contributed by atoms with Crippen LogP contribution >= 0.6 is 0 Å². The van der Waals surface area contributed by atoms with Crippen LogP contribution in [0.2, 0.25) is 0 Å². The van der Waals surface area contributed by atoms with Crippen LogP contribution in [0.3, 0.4) is 0 Å². The number of pyridine rings is 1. The van der Waals surface area contributed by atoms with E-state index in [4.69, 9.17) is 0 Å². The largest absolute Gasteiger partial charge is 0.369 e. The lowest BCUT2D eigenvalue weighted by Gasteiger charge is -2.34. The van der Waals surface area contributed by atoms with Gasteiger partial charge in [0.25, 0.3) is 0 Å². The summed E-state index contributed by atoms with van der Waals surface area (Å²) in [5.41, 5.74) is 3.94. The van der Waals surface area contributed by atoms with Crippen LogP contribution in [0.1, 0.15) is 58.1 Å². The molecule has 1 aromatic carbocycles. The average Bonchev–Trinajstić information content (AvgIpc) is 2.84. The van der Waals surface area contributed by atoms with Crippen LogP contribution in [0.25, 0.3) is 0 Å². The van der Waals surface area contributed by atoms with Gasteiger partial charge in [0.05, 0.1) is 0 Å². The van der Waals surface area contributed by atoms with Crippen molar-refractivity contribution < 1.29 is 0 Å². The standard InChI is InChI=1S/C12H18N2.C11H16N2.2C2H6/c1-11-3-5-12(6-4-11)14-9-7-13(2)8-10-14;1-10-5-6-11(12-9-10)13-7-3-2-4-8-13;2*1-2/h3-6H,7-10H2,1-2H3;5-6,9H,2-4,7-8H2,1H3;2*1-2H3. The highest BCUT2D eigenvalue weighted by molar-refractivity contribution is 5.47. The van der Waals surface area contributed by atoms with E-state index in [2.05, 4.69) is 77.0 Å². The maximum absolute atomic E-state index is 4.43. The van der Waals surface area contributed by atoms with Crippen molar-refractivity contribution in [2.24, 2.45) is 0 Å². The van der Waals surface area contributed by atoms with Crippen molar-refractivity contribution >= 4 is 11.5 Å². The van der Waals surface area contributed by atoms with Gasteiger partial charge in [0.2, 0.25) is 0 Å². The molecule has 1 aromatic heterocycles. The van der Waals surface area contributed by atoms with Crippen molar-refractivity contribution in [2.75, 3.05) is 56.1 Å². The van der Waals surface area contributed by atoms with E-state index >= 15 is 0 Å². The number of piperazine rings is 1. The fourth-order valence-corrected chi connectivity index (χ4v) is 3.59. The van der Waals surface area contributed by atoms with Gasteiger partial charge < -0.3 is 14.7 Å². The molecule has 0 bridgehead atoms. The Bertz CT molecular complexity index is 667. The minimum atomic E-state index is 1.14. The molecule has 0 saturated carbocycles. The van der Waals surface area contributed by atoms with E-state index < -0.39 is 0 Å². The molecule has 0 aliphatic carbocycles. The van der Waals surface area contributed by atoms with E-state index in [1.54, 1.807) is 0 Å². The van der Waals surface area contributed by atoms with Gasteiger partial charge in [-0.2, -0.15) is 0 Å². The third-order valence-corrected chi connectivity index (χ3v) is 5.48. The summed E-state index contributed by atoms with van der Waals surface area (Å²) in [6.07, 6.45) is 5.96. The quantitative estimate of drug-likeness (QED) is 0.572. The second-order valence-electron chi connectivity index (χ2n) is 7.87. The summed E-state index contributed by atoms with van der Waals surface area (Å²) < 4.78 is 0. The van der Waals surface area contributed by atoms with Gasteiger partial charge in [-0.1, -0.05) is 51.5 Å². The van der Waals surface area contributed by atoms with Crippen molar-refractivity contribution in [3.63, 3.8) is 0 Å². The molecular weight excluding hydrogens is 380 g/mol. The van der Waals surface area contributed by atoms with Crippen LogP contribution in [-0.4, -0.2) is 56.2 Å². The number of nitrogens with zero attached hydrogens (tertiary/aromatic N) is 4. The number of benzene rings is 1. The number of rotatable bonds is 2. The first-order chi connectivity index (χ1) is 15.1. The molecule has 2 aliphatic heterocycles. The third-order valence-electron chi connectivity index (χ3n) is 5.48. The molecule has 174 valence electrons. The van der Waals surface area contributed by atoms with Crippen molar-refractivity contribution in [2.45, 2.75) is 60.8 Å². The van der Waals surface area contributed by atoms with E-state index in [9.17, 15) is 0 Å². The molecule has 0 unspecified atom stereocenters. The van der Waals surface area contributed by atoms with Gasteiger partial charge >= 0.3 is 0 Å². The zero-order chi connectivity index (χ0) is 23.1. The molecule has 2 aromatic rings. The van der Waals surface area contributed by atoms with Crippen molar-refractivity contribution in [3.05, 3.63) is 53.7 Å². The predicted molar refractivity (Wildman–Crippen MR) is 139 cm³/mol. The summed E-state index contributed by atoms with van der Waals surface area (Å²) >= 11 is 0. The normalized spacial score (nSPS) is 16.1. The van der Waals surface area contributed by atoms with E-state index in [-0.39, 0.29) is 0 Å². The lowest BCUT2D eigenvalue weighted by Crippen LogP contribution is -2.44.